The first-order valence-electron chi connectivity index (χ1n) is 5.16. The molecule has 0 aliphatic rings. The Morgan fingerprint density at radius 1 is 1.69 bits per heavy atom. The molecular weight excluding hydrogens is 206 g/mol. The number of amides is 1. The van der Waals surface area contributed by atoms with E-state index >= 15 is 0 Å². The zero-order valence-electron chi connectivity index (χ0n) is 9.97. The fourth-order valence-corrected chi connectivity index (χ4v) is 1.43. The fourth-order valence-electron chi connectivity index (χ4n) is 1.43. The summed E-state index contributed by atoms with van der Waals surface area (Å²) in [5, 5.41) is 3.12. The van der Waals surface area contributed by atoms with Gasteiger partial charge in [-0.05, 0) is 14.1 Å². The molecule has 0 fully saturated rings. The van der Waals surface area contributed by atoms with Gasteiger partial charge in [-0.3, -0.25) is 10.1 Å². The minimum atomic E-state index is -0.479. The second-order valence-electron chi connectivity index (χ2n) is 4.02. The van der Waals surface area contributed by atoms with E-state index in [1.807, 2.05) is 26.0 Å². The summed E-state index contributed by atoms with van der Waals surface area (Å²) in [5.74, 6) is -0.387. The van der Waals surface area contributed by atoms with Crippen molar-refractivity contribution in [3.8, 4) is 0 Å². The first-order valence-corrected chi connectivity index (χ1v) is 5.16. The number of hydrogen-bond acceptors (Lipinski definition) is 4. The average Bonchev–Trinajstić information content (AvgIpc) is 2.58. The fraction of sp³-hybridized carbons (Fsp3) is 0.600. The molecule has 0 aromatic carbocycles. The largest absolute Gasteiger partial charge is 0.368 e. The number of nitrogens with one attached hydrogen (secondary N) is 1. The number of nitrogens with two attached hydrogens (primary N) is 1. The van der Waals surface area contributed by atoms with Gasteiger partial charge in [0.15, 0.2) is 0 Å². The maximum atomic E-state index is 11.3. The molecule has 6 heteroatoms. The summed E-state index contributed by atoms with van der Waals surface area (Å²) >= 11 is 0. The van der Waals surface area contributed by atoms with Crippen molar-refractivity contribution in [3.63, 3.8) is 0 Å². The Morgan fingerprint density at radius 2 is 2.38 bits per heavy atom. The molecule has 0 aliphatic carbocycles. The third kappa shape index (κ3) is 3.32. The van der Waals surface area contributed by atoms with Crippen LogP contribution in [0.15, 0.2) is 12.5 Å². The Morgan fingerprint density at radius 3 is 2.81 bits per heavy atom. The minimum absolute atomic E-state index is 0.387. The van der Waals surface area contributed by atoms with Crippen molar-refractivity contribution in [1.82, 2.24) is 19.8 Å². The van der Waals surface area contributed by atoms with Crippen molar-refractivity contribution < 1.29 is 4.79 Å². The lowest BCUT2D eigenvalue weighted by atomic mass is 10.2. The van der Waals surface area contributed by atoms with Gasteiger partial charge in [-0.1, -0.05) is 0 Å². The Bertz CT molecular complexity index is 347. The van der Waals surface area contributed by atoms with Gasteiger partial charge in [-0.25, -0.2) is 4.98 Å². The first kappa shape index (κ1) is 12.7. The molecule has 1 aromatic rings. The molecule has 0 spiro atoms. The Hall–Kier alpha value is -1.40. The Labute approximate surface area is 95.4 Å². The van der Waals surface area contributed by atoms with Crippen molar-refractivity contribution in [2.45, 2.75) is 6.04 Å². The molecule has 1 atom stereocenters. The van der Waals surface area contributed by atoms with Crippen LogP contribution < -0.4 is 11.1 Å². The number of aromatic nitrogens is 2. The monoisotopic (exact) mass is 225 g/mol. The van der Waals surface area contributed by atoms with E-state index in [1.165, 1.54) is 0 Å². The second kappa shape index (κ2) is 5.62. The molecular formula is C10H19N5O. The number of nitrogens with zero attached hydrogens (tertiary/aromatic N) is 3. The lowest BCUT2D eigenvalue weighted by Crippen LogP contribution is -2.38. The maximum Gasteiger partial charge on any atom is 0.240 e. The number of hydrogen-bond donors (Lipinski definition) is 2. The van der Waals surface area contributed by atoms with Crippen LogP contribution in [0.3, 0.4) is 0 Å². The second-order valence-corrected chi connectivity index (χ2v) is 4.02. The first-order chi connectivity index (χ1) is 7.52. The van der Waals surface area contributed by atoms with Crippen LogP contribution in [0.4, 0.5) is 0 Å². The maximum absolute atomic E-state index is 11.3. The predicted molar refractivity (Wildman–Crippen MR) is 61.7 cm³/mol. The number of rotatable bonds is 6. The molecule has 0 saturated heterocycles. The predicted octanol–water partition coefficient (Wildman–Crippen LogP) is -0.902. The summed E-state index contributed by atoms with van der Waals surface area (Å²) < 4.78 is 1.79. The standard InChI is InChI=1S/C10H19N5O/c1-14(2)5-4-13-9(10(11)16)8-6-12-7-15(8)3/h6-7,9,13H,4-5H2,1-3H3,(H2,11,16). The van der Waals surface area contributed by atoms with E-state index in [1.54, 1.807) is 17.1 Å². The third-order valence-electron chi connectivity index (χ3n) is 2.34. The number of primary amides is 1. The number of carbonyl (C=O) groups is 1. The van der Waals surface area contributed by atoms with Gasteiger partial charge in [0, 0.05) is 20.1 Å². The summed E-state index contributed by atoms with van der Waals surface area (Å²) in [7, 11) is 5.79. The third-order valence-corrected chi connectivity index (χ3v) is 2.34. The molecule has 90 valence electrons. The molecule has 0 radical (unpaired) electrons. The molecule has 1 heterocycles. The molecule has 1 rings (SSSR count). The van der Waals surface area contributed by atoms with Gasteiger partial charge in [0.25, 0.3) is 0 Å². The van der Waals surface area contributed by atoms with Crippen LogP contribution in [-0.2, 0) is 11.8 Å². The van der Waals surface area contributed by atoms with Crippen molar-refractivity contribution in [1.29, 1.82) is 0 Å². The van der Waals surface area contributed by atoms with Gasteiger partial charge in [0.2, 0.25) is 5.91 Å². The van der Waals surface area contributed by atoms with E-state index in [0.29, 0.717) is 6.54 Å². The zero-order valence-corrected chi connectivity index (χ0v) is 9.97. The quantitative estimate of drug-likeness (QED) is 0.657. The summed E-state index contributed by atoms with van der Waals surface area (Å²) in [5.41, 5.74) is 6.14. The van der Waals surface area contributed by atoms with E-state index in [9.17, 15) is 4.79 Å². The van der Waals surface area contributed by atoms with Crippen molar-refractivity contribution in [3.05, 3.63) is 18.2 Å². The Kier molecular flexibility index (Phi) is 4.45. The Balaban J connectivity index is 2.62. The van der Waals surface area contributed by atoms with Crippen LogP contribution in [0.25, 0.3) is 0 Å². The van der Waals surface area contributed by atoms with Crippen molar-refractivity contribution >= 4 is 5.91 Å². The molecule has 6 nitrogen and oxygen atoms in total. The van der Waals surface area contributed by atoms with Gasteiger partial charge >= 0.3 is 0 Å². The lowest BCUT2D eigenvalue weighted by molar-refractivity contribution is -0.120. The molecule has 1 amide bonds. The van der Waals surface area contributed by atoms with E-state index in [4.69, 9.17) is 5.73 Å². The van der Waals surface area contributed by atoms with E-state index in [-0.39, 0.29) is 5.91 Å². The van der Waals surface area contributed by atoms with Crippen LogP contribution in [0.1, 0.15) is 11.7 Å². The zero-order chi connectivity index (χ0) is 12.1. The van der Waals surface area contributed by atoms with Crippen LogP contribution in [-0.4, -0.2) is 47.5 Å². The minimum Gasteiger partial charge on any atom is -0.368 e. The summed E-state index contributed by atoms with van der Waals surface area (Å²) in [6, 6.07) is -0.479. The highest BCUT2D eigenvalue weighted by Gasteiger charge is 2.19. The molecule has 0 bridgehead atoms. The lowest BCUT2D eigenvalue weighted by Gasteiger charge is -2.17. The van der Waals surface area contributed by atoms with E-state index in [2.05, 4.69) is 10.3 Å². The van der Waals surface area contributed by atoms with Crippen LogP contribution in [0.2, 0.25) is 0 Å². The molecule has 0 aliphatic heterocycles. The van der Waals surface area contributed by atoms with Crippen LogP contribution in [0.5, 0.6) is 0 Å². The molecule has 16 heavy (non-hydrogen) atoms. The number of imidazole rings is 1. The van der Waals surface area contributed by atoms with Crippen LogP contribution >= 0.6 is 0 Å². The normalized spacial score (nSPS) is 13.0. The SMILES string of the molecule is CN(C)CCNC(C(N)=O)c1cncn1C. The van der Waals surface area contributed by atoms with E-state index in [0.717, 1.165) is 12.2 Å². The highest BCUT2D eigenvalue weighted by atomic mass is 16.1. The number of carbonyl (C=O) groups excluding carboxylic acids is 1. The van der Waals surface area contributed by atoms with Gasteiger partial charge in [-0.2, -0.15) is 0 Å². The smallest absolute Gasteiger partial charge is 0.240 e. The molecule has 1 unspecified atom stereocenters. The van der Waals surface area contributed by atoms with Gasteiger partial charge in [0.05, 0.1) is 18.2 Å². The molecule has 1 aromatic heterocycles. The van der Waals surface area contributed by atoms with Crippen molar-refractivity contribution in [2.24, 2.45) is 12.8 Å². The van der Waals surface area contributed by atoms with Crippen LogP contribution in [0, 0.1) is 0 Å². The van der Waals surface area contributed by atoms with E-state index < -0.39 is 6.04 Å². The molecule has 0 saturated carbocycles. The number of likely N-dealkylation sites (N-methyl/N-ethyl adjacent to an activating group) is 1. The number of aryl methyl sites for hydroxylation is 1. The van der Waals surface area contributed by atoms with Gasteiger partial charge < -0.3 is 15.2 Å². The topological polar surface area (TPSA) is 76.2 Å². The summed E-state index contributed by atoms with van der Waals surface area (Å²) in [4.78, 5) is 17.3. The van der Waals surface area contributed by atoms with Crippen molar-refractivity contribution in [2.75, 3.05) is 27.2 Å². The molecule has 3 N–H and O–H groups in total. The highest BCUT2D eigenvalue weighted by molar-refractivity contribution is 5.80. The average molecular weight is 225 g/mol. The summed E-state index contributed by atoms with van der Waals surface area (Å²) in [6.07, 6.45) is 3.30. The van der Waals surface area contributed by atoms with Gasteiger partial charge in [-0.15, -0.1) is 0 Å². The summed E-state index contributed by atoms with van der Waals surface area (Å²) in [6.45, 7) is 1.55. The van der Waals surface area contributed by atoms with Gasteiger partial charge in [0.1, 0.15) is 6.04 Å². The highest BCUT2D eigenvalue weighted by Crippen LogP contribution is 2.10.